The van der Waals surface area contributed by atoms with E-state index in [0.29, 0.717) is 12.1 Å². The summed E-state index contributed by atoms with van der Waals surface area (Å²) in [4.78, 5) is 16.6. The van der Waals surface area contributed by atoms with E-state index in [9.17, 15) is 4.79 Å². The molecule has 0 aliphatic heterocycles. The number of benzene rings is 3. The van der Waals surface area contributed by atoms with Crippen molar-refractivity contribution >= 4 is 38.8 Å². The lowest BCUT2D eigenvalue weighted by Gasteiger charge is -2.11. The number of thiazole rings is 1. The second-order valence-electron chi connectivity index (χ2n) is 6.93. The van der Waals surface area contributed by atoms with Crippen LogP contribution in [0.4, 0.5) is 5.69 Å². The predicted octanol–water partition coefficient (Wildman–Crippen LogP) is 5.99. The van der Waals surface area contributed by atoms with E-state index in [4.69, 9.17) is 4.42 Å². The lowest BCUT2D eigenvalue weighted by molar-refractivity contribution is 0.559. The molecule has 0 aliphatic rings. The number of nitrogens with zero attached hydrogens (tertiary/aromatic N) is 1. The highest BCUT2D eigenvalue weighted by molar-refractivity contribution is 7.09. The molecule has 0 spiro atoms. The molecule has 0 saturated heterocycles. The minimum Gasteiger partial charge on any atom is -0.423 e. The van der Waals surface area contributed by atoms with Gasteiger partial charge in [-0.1, -0.05) is 42.5 Å². The van der Waals surface area contributed by atoms with Crippen LogP contribution in [0.2, 0.25) is 0 Å². The highest BCUT2D eigenvalue weighted by Crippen LogP contribution is 2.28. The Labute approximate surface area is 171 Å². The Morgan fingerprint density at radius 1 is 1.03 bits per heavy atom. The molecule has 5 aromatic rings. The van der Waals surface area contributed by atoms with Gasteiger partial charge < -0.3 is 9.73 Å². The average Bonchev–Trinajstić information content (AvgIpc) is 3.18. The molecule has 5 rings (SSSR count). The summed E-state index contributed by atoms with van der Waals surface area (Å²) < 4.78 is 5.44. The van der Waals surface area contributed by atoms with E-state index in [-0.39, 0.29) is 5.63 Å². The molecule has 0 aliphatic carbocycles. The van der Waals surface area contributed by atoms with Crippen molar-refractivity contribution in [3.63, 3.8) is 0 Å². The number of hydrogen-bond donors (Lipinski definition) is 1. The molecule has 0 bridgehead atoms. The summed E-state index contributed by atoms with van der Waals surface area (Å²) in [6.45, 7) is 2.54. The van der Waals surface area contributed by atoms with Crippen molar-refractivity contribution in [3.05, 3.63) is 93.1 Å². The van der Waals surface area contributed by atoms with Gasteiger partial charge in [-0.15, -0.1) is 11.3 Å². The van der Waals surface area contributed by atoms with Gasteiger partial charge in [0.2, 0.25) is 0 Å². The largest absolute Gasteiger partial charge is 0.423 e. The summed E-state index contributed by atoms with van der Waals surface area (Å²) in [6.07, 6.45) is 0. The van der Waals surface area contributed by atoms with Crippen LogP contribution in [0, 0.1) is 6.92 Å². The Kier molecular flexibility index (Phi) is 4.37. The summed E-state index contributed by atoms with van der Waals surface area (Å²) in [7, 11) is 0. The Morgan fingerprint density at radius 3 is 2.66 bits per heavy atom. The lowest BCUT2D eigenvalue weighted by atomic mass is 10.0. The highest BCUT2D eigenvalue weighted by Gasteiger charge is 2.10. The van der Waals surface area contributed by atoms with E-state index in [0.717, 1.165) is 43.7 Å². The molecule has 0 atom stereocenters. The minimum atomic E-state index is -0.334. The van der Waals surface area contributed by atoms with E-state index < -0.39 is 0 Å². The number of aromatic nitrogens is 1. The zero-order valence-corrected chi connectivity index (χ0v) is 16.6. The van der Waals surface area contributed by atoms with Crippen molar-refractivity contribution in [2.75, 3.05) is 5.32 Å². The van der Waals surface area contributed by atoms with Crippen LogP contribution in [-0.2, 0) is 6.54 Å². The summed E-state index contributed by atoms with van der Waals surface area (Å²) in [5.41, 5.74) is 4.28. The van der Waals surface area contributed by atoms with Crippen molar-refractivity contribution in [3.8, 4) is 11.3 Å². The Balaban J connectivity index is 1.47. The monoisotopic (exact) mass is 398 g/mol. The molecule has 0 unspecified atom stereocenters. The summed E-state index contributed by atoms with van der Waals surface area (Å²) in [5.74, 6) is 0. The molecule has 29 heavy (non-hydrogen) atoms. The molecule has 0 radical (unpaired) electrons. The number of aryl methyl sites for hydroxylation is 1. The molecule has 2 aromatic heterocycles. The number of rotatable bonds is 4. The quantitative estimate of drug-likeness (QED) is 0.298. The van der Waals surface area contributed by atoms with Gasteiger partial charge in [-0.3, -0.25) is 0 Å². The van der Waals surface area contributed by atoms with Crippen molar-refractivity contribution in [2.45, 2.75) is 13.5 Å². The third kappa shape index (κ3) is 3.41. The molecular formula is C24H18N2O2S. The second-order valence-corrected chi connectivity index (χ2v) is 8.00. The number of anilines is 1. The summed E-state index contributed by atoms with van der Waals surface area (Å²) in [6, 6.07) is 21.8. The molecule has 0 saturated carbocycles. The summed E-state index contributed by atoms with van der Waals surface area (Å²) >= 11 is 1.65. The number of nitrogens with one attached hydrogen (secondary N) is 1. The van der Waals surface area contributed by atoms with Crippen LogP contribution in [0.5, 0.6) is 0 Å². The first-order chi connectivity index (χ1) is 14.2. The van der Waals surface area contributed by atoms with E-state index in [1.165, 1.54) is 0 Å². The first kappa shape index (κ1) is 17.6. The minimum absolute atomic E-state index is 0.334. The zero-order chi connectivity index (χ0) is 19.8. The van der Waals surface area contributed by atoms with Crippen LogP contribution in [-0.4, -0.2) is 4.98 Å². The zero-order valence-electron chi connectivity index (χ0n) is 15.8. The van der Waals surface area contributed by atoms with Gasteiger partial charge in [-0.2, -0.15) is 0 Å². The van der Waals surface area contributed by atoms with Crippen LogP contribution in [0.3, 0.4) is 0 Å². The first-order valence-corrected chi connectivity index (χ1v) is 10.3. The standard InChI is InChI=1S/C24H18N2O2S/c1-15-26-21(14-29-15)17-6-9-19(10-7-17)25-13-18-12-23(27)28-22-11-8-16-4-2-3-5-20(16)24(18)22/h2-12,14,25H,13H2,1H3. The van der Waals surface area contributed by atoms with Crippen molar-refractivity contribution in [1.29, 1.82) is 0 Å². The maximum atomic E-state index is 12.1. The predicted molar refractivity (Wildman–Crippen MR) is 120 cm³/mol. The maximum absolute atomic E-state index is 12.1. The summed E-state index contributed by atoms with van der Waals surface area (Å²) in [5, 5.41) is 9.74. The van der Waals surface area contributed by atoms with Crippen molar-refractivity contribution in [2.24, 2.45) is 0 Å². The van der Waals surface area contributed by atoms with Crippen LogP contribution in [0.25, 0.3) is 33.0 Å². The fraction of sp³-hybridized carbons (Fsp3) is 0.0833. The Bertz CT molecular complexity index is 1380. The van der Waals surface area contributed by atoms with E-state index in [1.54, 1.807) is 17.4 Å². The first-order valence-electron chi connectivity index (χ1n) is 9.38. The van der Waals surface area contributed by atoms with Crippen molar-refractivity contribution in [1.82, 2.24) is 4.98 Å². The SMILES string of the molecule is Cc1nc(-c2ccc(NCc3cc(=O)oc4ccc5ccccc5c34)cc2)cs1. The normalized spacial score (nSPS) is 11.2. The van der Waals surface area contributed by atoms with Gasteiger partial charge in [0.25, 0.3) is 0 Å². The Morgan fingerprint density at radius 2 is 1.86 bits per heavy atom. The third-order valence-corrected chi connectivity index (χ3v) is 5.77. The molecule has 2 heterocycles. The second kappa shape index (κ2) is 7.18. The van der Waals surface area contributed by atoms with E-state index >= 15 is 0 Å². The van der Waals surface area contributed by atoms with Gasteiger partial charge in [0.05, 0.1) is 10.7 Å². The Hall–Kier alpha value is -3.44. The fourth-order valence-corrected chi connectivity index (χ4v) is 4.23. The smallest absolute Gasteiger partial charge is 0.336 e. The lowest BCUT2D eigenvalue weighted by Crippen LogP contribution is -2.06. The topological polar surface area (TPSA) is 55.1 Å². The molecular weight excluding hydrogens is 380 g/mol. The molecule has 0 amide bonds. The third-order valence-electron chi connectivity index (χ3n) is 5.00. The van der Waals surface area contributed by atoms with Gasteiger partial charge >= 0.3 is 5.63 Å². The number of hydrogen-bond acceptors (Lipinski definition) is 5. The molecule has 5 heteroatoms. The molecule has 3 aromatic carbocycles. The van der Waals surface area contributed by atoms with Gasteiger partial charge in [0.1, 0.15) is 5.58 Å². The highest BCUT2D eigenvalue weighted by atomic mass is 32.1. The van der Waals surface area contributed by atoms with Gasteiger partial charge in [-0.25, -0.2) is 9.78 Å². The molecule has 0 fully saturated rings. The van der Waals surface area contributed by atoms with Crippen molar-refractivity contribution < 1.29 is 4.42 Å². The van der Waals surface area contributed by atoms with Crippen LogP contribution in [0.1, 0.15) is 10.6 Å². The molecule has 142 valence electrons. The van der Waals surface area contributed by atoms with Gasteiger partial charge in [-0.05, 0) is 41.5 Å². The molecule has 1 N–H and O–H groups in total. The van der Waals surface area contributed by atoms with E-state index in [1.807, 2.05) is 43.3 Å². The molecule has 4 nitrogen and oxygen atoms in total. The maximum Gasteiger partial charge on any atom is 0.336 e. The van der Waals surface area contributed by atoms with Crippen LogP contribution < -0.4 is 10.9 Å². The van der Waals surface area contributed by atoms with E-state index in [2.05, 4.69) is 39.9 Å². The van der Waals surface area contributed by atoms with Crippen LogP contribution >= 0.6 is 11.3 Å². The number of fused-ring (bicyclic) bond motifs is 3. The van der Waals surface area contributed by atoms with Crippen LogP contribution in [0.15, 0.2) is 81.3 Å². The van der Waals surface area contributed by atoms with Gasteiger partial charge in [0, 0.05) is 34.6 Å². The average molecular weight is 398 g/mol. The van der Waals surface area contributed by atoms with Gasteiger partial charge in [0.15, 0.2) is 0 Å². The fourth-order valence-electron chi connectivity index (χ4n) is 3.61.